The normalized spacial score (nSPS) is 16.6. The monoisotopic (exact) mass is 647 g/mol. The second-order valence-corrected chi connectivity index (χ2v) is 11.2. The number of hydrogen-bond acceptors (Lipinski definition) is 7. The first kappa shape index (κ1) is 34.4. The first-order valence-electron chi connectivity index (χ1n) is 13.9. The number of ether oxygens (including phenoxy) is 2. The Labute approximate surface area is 268 Å². The van der Waals surface area contributed by atoms with Gasteiger partial charge in [0.2, 0.25) is 0 Å². The average molecular weight is 649 g/mol. The van der Waals surface area contributed by atoms with Crippen molar-refractivity contribution in [2.45, 2.75) is 19.3 Å². The van der Waals surface area contributed by atoms with Gasteiger partial charge < -0.3 is 19.3 Å². The number of benzene rings is 3. The van der Waals surface area contributed by atoms with Crippen molar-refractivity contribution in [3.8, 4) is 17.2 Å². The molecule has 43 heavy (non-hydrogen) atoms. The first-order chi connectivity index (χ1) is 19.9. The van der Waals surface area contributed by atoms with Gasteiger partial charge in [-0.1, -0.05) is 12.1 Å². The second kappa shape index (κ2) is 16.7. The molecule has 0 aliphatic carbocycles. The molecule has 2 saturated heterocycles. The molecule has 2 aliphatic heterocycles. The van der Waals surface area contributed by atoms with E-state index < -0.39 is 0 Å². The van der Waals surface area contributed by atoms with Crippen LogP contribution in [0.15, 0.2) is 77.7 Å². The van der Waals surface area contributed by atoms with Crippen molar-refractivity contribution in [2.75, 3.05) is 51.3 Å². The quantitative estimate of drug-likeness (QED) is 0.158. The number of hydrogen-bond donors (Lipinski definition) is 0. The summed E-state index contributed by atoms with van der Waals surface area (Å²) < 4.78 is 24.7. The van der Waals surface area contributed by atoms with E-state index in [1.54, 1.807) is 66.7 Å². The molecule has 0 saturated carbocycles. The van der Waals surface area contributed by atoms with Gasteiger partial charge in [0, 0.05) is 26.2 Å². The van der Waals surface area contributed by atoms with Crippen molar-refractivity contribution in [3.63, 3.8) is 0 Å². The lowest BCUT2D eigenvalue weighted by Crippen LogP contribution is -2.44. The van der Waals surface area contributed by atoms with Crippen LogP contribution in [-0.4, -0.2) is 67.3 Å². The summed E-state index contributed by atoms with van der Waals surface area (Å²) in [6, 6.07) is 19.9. The molecule has 0 aromatic heterocycles. The van der Waals surface area contributed by atoms with Crippen molar-refractivity contribution in [1.82, 2.24) is 9.80 Å². The van der Waals surface area contributed by atoms with Gasteiger partial charge in [-0.3, -0.25) is 9.59 Å². The molecule has 2 fully saturated rings. The third-order valence-corrected chi connectivity index (χ3v) is 7.97. The number of carbonyl (C=O) groups excluding carboxylic acids is 2. The van der Waals surface area contributed by atoms with Crippen molar-refractivity contribution in [1.29, 1.82) is 0 Å². The number of nitrogens with zero attached hydrogens (tertiary/aromatic N) is 3. The summed E-state index contributed by atoms with van der Waals surface area (Å²) in [6.45, 7) is 6.38. The van der Waals surface area contributed by atoms with Gasteiger partial charge in [-0.05, 0) is 117 Å². The zero-order chi connectivity index (χ0) is 28.6. The fourth-order valence-electron chi connectivity index (χ4n) is 4.68. The summed E-state index contributed by atoms with van der Waals surface area (Å²) in [6.07, 6.45) is 4.97. The van der Waals surface area contributed by atoms with Crippen molar-refractivity contribution in [3.05, 3.63) is 89.1 Å². The van der Waals surface area contributed by atoms with Gasteiger partial charge in [0.1, 0.15) is 23.1 Å². The van der Waals surface area contributed by atoms with E-state index >= 15 is 0 Å². The van der Waals surface area contributed by atoms with Crippen LogP contribution in [0.5, 0.6) is 17.2 Å². The molecule has 0 radical (unpaired) electrons. The number of anilines is 1. The third kappa shape index (κ3) is 9.71. The van der Waals surface area contributed by atoms with E-state index in [0.29, 0.717) is 28.7 Å². The molecule has 0 bridgehead atoms. The highest BCUT2D eigenvalue weighted by atomic mass is 35.5. The first-order valence-corrected chi connectivity index (χ1v) is 14.7. The summed E-state index contributed by atoms with van der Waals surface area (Å²) in [5.41, 5.74) is 1.27. The van der Waals surface area contributed by atoms with E-state index in [2.05, 4.69) is 16.8 Å². The van der Waals surface area contributed by atoms with Crippen LogP contribution in [0, 0.1) is 5.82 Å². The van der Waals surface area contributed by atoms with E-state index in [1.165, 1.54) is 23.5 Å². The molecule has 0 spiro atoms. The number of piperazine rings is 1. The molecule has 0 atom stereocenters. The second-order valence-electron chi connectivity index (χ2n) is 10.2. The predicted molar refractivity (Wildman–Crippen MR) is 176 cm³/mol. The van der Waals surface area contributed by atoms with Crippen LogP contribution in [0.4, 0.5) is 14.9 Å². The van der Waals surface area contributed by atoms with Crippen LogP contribution in [0.2, 0.25) is 0 Å². The highest BCUT2D eigenvalue weighted by Crippen LogP contribution is 2.36. The highest BCUT2D eigenvalue weighted by Gasteiger charge is 2.36. The minimum Gasteiger partial charge on any atom is -0.494 e. The molecule has 230 valence electrons. The zero-order valence-electron chi connectivity index (χ0n) is 23.9. The van der Waals surface area contributed by atoms with Crippen LogP contribution in [0.3, 0.4) is 0 Å². The van der Waals surface area contributed by atoms with Crippen LogP contribution < -0.4 is 14.4 Å². The molecular formula is C32H36Cl2FN3O4S. The third-order valence-electron chi connectivity index (χ3n) is 7.10. The SMILES string of the molecule is CN1CCN(CCCCCOc2ccc(N3C(=O)SC(=Cc4ccc(Oc5ccc(F)cc5)cc4)C3=O)cc2)CC1.Cl.Cl. The van der Waals surface area contributed by atoms with E-state index in [0.717, 1.165) is 68.6 Å². The topological polar surface area (TPSA) is 62.3 Å². The van der Waals surface area contributed by atoms with E-state index in [9.17, 15) is 14.0 Å². The average Bonchev–Trinajstić information content (AvgIpc) is 3.26. The Morgan fingerprint density at radius 1 is 0.791 bits per heavy atom. The maximum atomic E-state index is 13.1. The Kier molecular flexibility index (Phi) is 13.3. The number of unbranched alkanes of at least 4 members (excludes halogenated alkanes) is 2. The van der Waals surface area contributed by atoms with Crippen LogP contribution in [-0.2, 0) is 4.79 Å². The van der Waals surface area contributed by atoms with Gasteiger partial charge in [-0.15, -0.1) is 24.8 Å². The summed E-state index contributed by atoms with van der Waals surface area (Å²) in [4.78, 5) is 32.2. The number of amides is 2. The molecular weight excluding hydrogens is 612 g/mol. The van der Waals surface area contributed by atoms with E-state index in [4.69, 9.17) is 9.47 Å². The van der Waals surface area contributed by atoms with Crippen LogP contribution in [0.1, 0.15) is 24.8 Å². The van der Waals surface area contributed by atoms with Crippen molar-refractivity contribution in [2.24, 2.45) is 0 Å². The molecule has 0 N–H and O–H groups in total. The molecule has 11 heteroatoms. The van der Waals surface area contributed by atoms with Gasteiger partial charge in [0.25, 0.3) is 11.1 Å². The minimum absolute atomic E-state index is 0. The summed E-state index contributed by atoms with van der Waals surface area (Å²) in [5.74, 6) is 1.13. The molecule has 5 rings (SSSR count). The number of imide groups is 1. The van der Waals surface area contributed by atoms with Crippen molar-refractivity contribution >= 4 is 59.5 Å². The van der Waals surface area contributed by atoms with Gasteiger partial charge >= 0.3 is 0 Å². The van der Waals surface area contributed by atoms with Crippen LogP contribution in [0.25, 0.3) is 6.08 Å². The largest absolute Gasteiger partial charge is 0.494 e. The molecule has 2 amide bonds. The number of thioether (sulfide) groups is 1. The van der Waals surface area contributed by atoms with E-state index in [-0.39, 0.29) is 41.8 Å². The smallest absolute Gasteiger partial charge is 0.298 e. The van der Waals surface area contributed by atoms with Gasteiger partial charge in [-0.2, -0.15) is 0 Å². The highest BCUT2D eigenvalue weighted by molar-refractivity contribution is 8.19. The van der Waals surface area contributed by atoms with Gasteiger partial charge in [0.15, 0.2) is 0 Å². The Morgan fingerprint density at radius 2 is 1.40 bits per heavy atom. The van der Waals surface area contributed by atoms with Gasteiger partial charge in [-0.25, -0.2) is 9.29 Å². The maximum absolute atomic E-state index is 13.1. The lowest BCUT2D eigenvalue weighted by atomic mass is 10.2. The molecule has 2 heterocycles. The predicted octanol–water partition coefficient (Wildman–Crippen LogP) is 7.50. The molecule has 2 aliphatic rings. The Hall–Kier alpha value is -3.08. The molecule has 3 aromatic carbocycles. The number of likely N-dealkylation sites (N-methyl/N-ethyl adjacent to an activating group) is 1. The Morgan fingerprint density at radius 3 is 2.05 bits per heavy atom. The Bertz CT molecular complexity index is 1370. The fourth-order valence-corrected chi connectivity index (χ4v) is 5.52. The van der Waals surface area contributed by atoms with Crippen LogP contribution >= 0.6 is 36.6 Å². The van der Waals surface area contributed by atoms with Crippen molar-refractivity contribution < 1.29 is 23.5 Å². The summed E-state index contributed by atoms with van der Waals surface area (Å²) in [5, 5.41) is -0.341. The summed E-state index contributed by atoms with van der Waals surface area (Å²) >= 11 is 0.910. The summed E-state index contributed by atoms with van der Waals surface area (Å²) in [7, 11) is 2.17. The maximum Gasteiger partial charge on any atom is 0.298 e. The fraction of sp³-hybridized carbons (Fsp3) is 0.312. The molecule has 0 unspecified atom stereocenters. The lowest BCUT2D eigenvalue weighted by molar-refractivity contribution is -0.113. The lowest BCUT2D eigenvalue weighted by Gasteiger charge is -2.32. The number of halogens is 3. The number of carbonyl (C=O) groups is 2. The molecule has 7 nitrogen and oxygen atoms in total. The number of rotatable bonds is 11. The minimum atomic E-state index is -0.361. The standard InChI is InChI=1S/C32H34FN3O4S.2ClH/c1-34-18-20-35(21-19-34)17-3-2-4-22-39-27-15-9-26(10-16-27)36-31(37)30(41-32(36)38)23-24-5-11-28(12-6-24)40-29-13-7-25(33)8-14-29;;/h5-16,23H,2-4,17-22H2,1H3;2*1H. The van der Waals surface area contributed by atoms with Gasteiger partial charge in [0.05, 0.1) is 17.2 Å². The zero-order valence-corrected chi connectivity index (χ0v) is 26.4. The Balaban J connectivity index is 0.00000253. The molecule has 3 aromatic rings. The van der Waals surface area contributed by atoms with E-state index in [1.807, 2.05) is 0 Å².